The van der Waals surface area contributed by atoms with Crippen LogP contribution in [0.5, 0.6) is 5.75 Å². The van der Waals surface area contributed by atoms with Crippen molar-refractivity contribution in [1.29, 1.82) is 0 Å². The van der Waals surface area contributed by atoms with Crippen LogP contribution in [0.15, 0.2) is 24.3 Å². The second-order valence-corrected chi connectivity index (χ2v) is 3.93. The Hall–Kier alpha value is -1.55. The molecule has 1 fully saturated rings. The summed E-state index contributed by atoms with van der Waals surface area (Å²) in [6, 6.07) is 7.84. The predicted octanol–water partition coefficient (Wildman–Crippen LogP) is 0.803. The molecule has 0 saturated carbocycles. The summed E-state index contributed by atoms with van der Waals surface area (Å²) in [5, 5.41) is 2.87. The summed E-state index contributed by atoms with van der Waals surface area (Å²) in [4.78, 5) is 11.0. The van der Waals surface area contributed by atoms with E-state index in [0.29, 0.717) is 19.6 Å². The van der Waals surface area contributed by atoms with E-state index in [2.05, 4.69) is 5.32 Å². The summed E-state index contributed by atoms with van der Waals surface area (Å²) in [5.41, 5.74) is 6.60. The number of ether oxygens (including phenoxy) is 1. The maximum absolute atomic E-state index is 11.0. The topological polar surface area (TPSA) is 64.3 Å². The molecule has 1 aliphatic rings. The molecule has 0 spiro atoms. The summed E-state index contributed by atoms with van der Waals surface area (Å²) < 4.78 is 5.67. The highest BCUT2D eigenvalue weighted by molar-refractivity contribution is 5.78. The normalized spacial score (nSPS) is 19.6. The van der Waals surface area contributed by atoms with E-state index in [1.165, 1.54) is 0 Å². The van der Waals surface area contributed by atoms with Gasteiger partial charge in [0.25, 0.3) is 0 Å². The van der Waals surface area contributed by atoms with Crippen LogP contribution in [0, 0.1) is 0 Å². The molecule has 0 aromatic heterocycles. The van der Waals surface area contributed by atoms with E-state index in [1.54, 1.807) is 0 Å². The summed E-state index contributed by atoms with van der Waals surface area (Å²) in [6.07, 6.45) is 1.45. The van der Waals surface area contributed by atoms with E-state index in [-0.39, 0.29) is 11.9 Å². The Morgan fingerprint density at radius 3 is 2.94 bits per heavy atom. The molecule has 0 aliphatic carbocycles. The van der Waals surface area contributed by atoms with Crippen LogP contribution in [0.2, 0.25) is 0 Å². The molecule has 1 aromatic carbocycles. The van der Waals surface area contributed by atoms with Gasteiger partial charge in [-0.2, -0.15) is 0 Å². The van der Waals surface area contributed by atoms with E-state index in [9.17, 15) is 4.79 Å². The van der Waals surface area contributed by atoms with Gasteiger partial charge >= 0.3 is 0 Å². The van der Waals surface area contributed by atoms with Crippen molar-refractivity contribution in [1.82, 2.24) is 5.32 Å². The first kappa shape index (κ1) is 11.0. The summed E-state index contributed by atoms with van der Waals surface area (Å²) >= 11 is 0. The molecule has 1 unspecified atom stereocenters. The predicted molar refractivity (Wildman–Crippen MR) is 61.0 cm³/mol. The van der Waals surface area contributed by atoms with Gasteiger partial charge in [-0.1, -0.05) is 18.2 Å². The van der Waals surface area contributed by atoms with Crippen molar-refractivity contribution in [3.63, 3.8) is 0 Å². The third kappa shape index (κ3) is 2.52. The van der Waals surface area contributed by atoms with Gasteiger partial charge in [0.2, 0.25) is 5.91 Å². The van der Waals surface area contributed by atoms with Gasteiger partial charge in [0, 0.05) is 18.5 Å². The first-order valence-corrected chi connectivity index (χ1v) is 5.49. The van der Waals surface area contributed by atoms with Crippen LogP contribution in [-0.2, 0) is 11.3 Å². The molecule has 0 bridgehead atoms. The number of nitrogens with one attached hydrogen (secondary N) is 1. The Morgan fingerprint density at radius 2 is 2.25 bits per heavy atom. The lowest BCUT2D eigenvalue weighted by Gasteiger charge is -2.14. The maximum Gasteiger partial charge on any atom is 0.220 e. The number of carbonyl (C=O) groups is 1. The van der Waals surface area contributed by atoms with E-state index >= 15 is 0 Å². The van der Waals surface area contributed by atoms with Crippen molar-refractivity contribution in [2.75, 3.05) is 6.61 Å². The van der Waals surface area contributed by atoms with Gasteiger partial charge in [-0.05, 0) is 12.5 Å². The van der Waals surface area contributed by atoms with Crippen LogP contribution in [0.1, 0.15) is 18.4 Å². The molecule has 1 heterocycles. The SMILES string of the molecule is NCc1ccccc1OCC1CCC(=O)N1. The van der Waals surface area contributed by atoms with Crippen LogP contribution >= 0.6 is 0 Å². The Bertz CT molecular complexity index is 379. The lowest BCUT2D eigenvalue weighted by molar-refractivity contribution is -0.119. The first-order chi connectivity index (χ1) is 7.79. The molecule has 1 atom stereocenters. The quantitative estimate of drug-likeness (QED) is 0.789. The van der Waals surface area contributed by atoms with Crippen molar-refractivity contribution in [2.45, 2.75) is 25.4 Å². The molecule has 0 radical (unpaired) electrons. The second kappa shape index (κ2) is 4.99. The molecule has 86 valence electrons. The number of amides is 1. The highest BCUT2D eigenvalue weighted by atomic mass is 16.5. The fourth-order valence-electron chi connectivity index (χ4n) is 1.81. The monoisotopic (exact) mass is 220 g/mol. The van der Waals surface area contributed by atoms with Crippen LogP contribution in [0.4, 0.5) is 0 Å². The van der Waals surface area contributed by atoms with Crippen molar-refractivity contribution < 1.29 is 9.53 Å². The molecule has 4 nitrogen and oxygen atoms in total. The third-order valence-electron chi connectivity index (χ3n) is 2.72. The van der Waals surface area contributed by atoms with Crippen LogP contribution < -0.4 is 15.8 Å². The smallest absolute Gasteiger partial charge is 0.220 e. The van der Waals surface area contributed by atoms with Crippen molar-refractivity contribution >= 4 is 5.91 Å². The van der Waals surface area contributed by atoms with Crippen LogP contribution in [-0.4, -0.2) is 18.6 Å². The van der Waals surface area contributed by atoms with Gasteiger partial charge in [0.05, 0.1) is 6.04 Å². The molecular weight excluding hydrogens is 204 g/mol. The number of benzene rings is 1. The zero-order valence-electron chi connectivity index (χ0n) is 9.11. The van der Waals surface area contributed by atoms with Gasteiger partial charge in [0.15, 0.2) is 0 Å². The third-order valence-corrected chi connectivity index (χ3v) is 2.72. The van der Waals surface area contributed by atoms with Crippen LogP contribution in [0.3, 0.4) is 0 Å². The van der Waals surface area contributed by atoms with E-state index in [1.807, 2.05) is 24.3 Å². The molecule has 1 aromatic rings. The lowest BCUT2D eigenvalue weighted by Crippen LogP contribution is -2.31. The van der Waals surface area contributed by atoms with Gasteiger partial charge in [0.1, 0.15) is 12.4 Å². The van der Waals surface area contributed by atoms with Crippen molar-refractivity contribution in [3.8, 4) is 5.75 Å². The first-order valence-electron chi connectivity index (χ1n) is 5.49. The van der Waals surface area contributed by atoms with Crippen molar-refractivity contribution in [3.05, 3.63) is 29.8 Å². The molecule has 3 N–H and O–H groups in total. The Morgan fingerprint density at radius 1 is 1.44 bits per heavy atom. The number of hydrogen-bond donors (Lipinski definition) is 2. The maximum atomic E-state index is 11.0. The largest absolute Gasteiger partial charge is 0.491 e. The minimum absolute atomic E-state index is 0.112. The molecular formula is C12H16N2O2. The molecule has 2 rings (SSSR count). The molecule has 1 amide bonds. The summed E-state index contributed by atoms with van der Waals surface area (Å²) in [7, 11) is 0. The lowest BCUT2D eigenvalue weighted by atomic mass is 10.2. The zero-order chi connectivity index (χ0) is 11.4. The zero-order valence-corrected chi connectivity index (χ0v) is 9.11. The molecule has 1 aliphatic heterocycles. The average molecular weight is 220 g/mol. The number of carbonyl (C=O) groups excluding carboxylic acids is 1. The minimum Gasteiger partial charge on any atom is -0.491 e. The van der Waals surface area contributed by atoms with Gasteiger partial charge < -0.3 is 15.8 Å². The van der Waals surface area contributed by atoms with Crippen molar-refractivity contribution in [2.24, 2.45) is 5.73 Å². The summed E-state index contributed by atoms with van der Waals surface area (Å²) in [6.45, 7) is 0.982. The highest BCUT2D eigenvalue weighted by Gasteiger charge is 2.21. The summed E-state index contributed by atoms with van der Waals surface area (Å²) in [5.74, 6) is 0.923. The fraction of sp³-hybridized carbons (Fsp3) is 0.417. The van der Waals surface area contributed by atoms with Crippen LogP contribution in [0.25, 0.3) is 0 Å². The van der Waals surface area contributed by atoms with E-state index in [0.717, 1.165) is 17.7 Å². The second-order valence-electron chi connectivity index (χ2n) is 3.93. The van der Waals surface area contributed by atoms with Gasteiger partial charge in [-0.15, -0.1) is 0 Å². The standard InChI is InChI=1S/C12H16N2O2/c13-7-9-3-1-2-4-11(9)16-8-10-5-6-12(15)14-10/h1-4,10H,5-8,13H2,(H,14,15). The number of hydrogen-bond acceptors (Lipinski definition) is 3. The van der Waals surface area contributed by atoms with E-state index < -0.39 is 0 Å². The van der Waals surface area contributed by atoms with Gasteiger partial charge in [-0.25, -0.2) is 0 Å². The number of rotatable bonds is 4. The molecule has 16 heavy (non-hydrogen) atoms. The van der Waals surface area contributed by atoms with E-state index in [4.69, 9.17) is 10.5 Å². The number of para-hydroxylation sites is 1. The Kier molecular flexibility index (Phi) is 3.41. The molecule has 4 heteroatoms. The molecule has 1 saturated heterocycles. The number of nitrogens with two attached hydrogens (primary N) is 1. The Labute approximate surface area is 94.8 Å². The van der Waals surface area contributed by atoms with Gasteiger partial charge in [-0.3, -0.25) is 4.79 Å². The highest BCUT2D eigenvalue weighted by Crippen LogP contribution is 2.18. The fourth-order valence-corrected chi connectivity index (χ4v) is 1.81. The average Bonchev–Trinajstić information content (AvgIpc) is 2.73. The minimum atomic E-state index is 0.112. The Balaban J connectivity index is 1.91.